The van der Waals surface area contributed by atoms with Crippen molar-refractivity contribution < 1.29 is 8.42 Å². The van der Waals surface area contributed by atoms with Crippen LogP contribution in [0.2, 0.25) is 0 Å². The van der Waals surface area contributed by atoms with Crippen LogP contribution in [0.25, 0.3) is 10.9 Å². The van der Waals surface area contributed by atoms with Gasteiger partial charge in [-0.3, -0.25) is 0 Å². The monoisotopic (exact) mass is 376 g/mol. The van der Waals surface area contributed by atoms with Crippen molar-refractivity contribution in [2.24, 2.45) is 0 Å². The van der Waals surface area contributed by atoms with E-state index in [4.69, 9.17) is 0 Å². The van der Waals surface area contributed by atoms with E-state index in [-0.39, 0.29) is 11.8 Å². The second-order valence-corrected chi connectivity index (χ2v) is 9.78. The number of nitrogens with one attached hydrogen (secondary N) is 2. The van der Waals surface area contributed by atoms with Crippen molar-refractivity contribution in [2.45, 2.75) is 57.7 Å². The molecular weight excluding hydrogens is 348 g/mol. The molecule has 3 rings (SSSR count). The van der Waals surface area contributed by atoms with Crippen molar-refractivity contribution in [1.29, 1.82) is 0 Å². The van der Waals surface area contributed by atoms with Gasteiger partial charge in [0.05, 0.1) is 11.3 Å². The van der Waals surface area contributed by atoms with E-state index < -0.39 is 9.84 Å². The summed E-state index contributed by atoms with van der Waals surface area (Å²) in [6.45, 7) is 4.02. The molecule has 0 saturated heterocycles. The van der Waals surface area contributed by atoms with Crippen LogP contribution >= 0.6 is 0 Å². The molecule has 1 aromatic carbocycles. The van der Waals surface area contributed by atoms with Crippen LogP contribution in [0.1, 0.15) is 38.2 Å². The van der Waals surface area contributed by atoms with Crippen LogP contribution in [-0.2, 0) is 9.84 Å². The van der Waals surface area contributed by atoms with Crippen molar-refractivity contribution in [3.63, 3.8) is 0 Å². The number of anilines is 1. The first-order valence-corrected chi connectivity index (χ1v) is 11.3. The summed E-state index contributed by atoms with van der Waals surface area (Å²) in [6, 6.07) is 6.98. The summed E-state index contributed by atoms with van der Waals surface area (Å²) < 4.78 is 22.8. The SMILES string of the molecule is Cc1ccc2ncnc(N[C@H]3CC[C@H](N[C@@H](C)CS(C)(=O)=O)CC3)c2c1. The summed E-state index contributed by atoms with van der Waals surface area (Å²) in [5, 5.41) is 8.12. The Morgan fingerprint density at radius 3 is 2.54 bits per heavy atom. The molecular formula is C19H28N4O2S. The molecule has 0 aliphatic heterocycles. The average Bonchev–Trinajstić information content (AvgIpc) is 2.55. The second-order valence-electron chi connectivity index (χ2n) is 7.60. The fraction of sp³-hybridized carbons (Fsp3) is 0.579. The lowest BCUT2D eigenvalue weighted by Gasteiger charge is -2.32. The van der Waals surface area contributed by atoms with Crippen molar-refractivity contribution in [2.75, 3.05) is 17.3 Å². The lowest BCUT2D eigenvalue weighted by atomic mass is 9.90. The predicted octanol–water partition coefficient (Wildman–Crippen LogP) is 2.68. The molecule has 1 saturated carbocycles. The summed E-state index contributed by atoms with van der Waals surface area (Å²) in [4.78, 5) is 8.79. The Bertz CT molecular complexity index is 861. The van der Waals surface area contributed by atoms with Gasteiger partial charge in [-0.2, -0.15) is 0 Å². The van der Waals surface area contributed by atoms with Crippen molar-refractivity contribution in [3.8, 4) is 0 Å². The number of hydrogen-bond donors (Lipinski definition) is 2. The fourth-order valence-electron chi connectivity index (χ4n) is 3.79. The van der Waals surface area contributed by atoms with Crippen LogP contribution < -0.4 is 10.6 Å². The molecule has 1 aliphatic carbocycles. The van der Waals surface area contributed by atoms with Gasteiger partial charge in [0.25, 0.3) is 0 Å². The topological polar surface area (TPSA) is 84.0 Å². The summed E-state index contributed by atoms with van der Waals surface area (Å²) >= 11 is 0. The maximum absolute atomic E-state index is 11.4. The molecule has 0 bridgehead atoms. The van der Waals surface area contributed by atoms with Crippen molar-refractivity contribution in [1.82, 2.24) is 15.3 Å². The van der Waals surface area contributed by atoms with Crippen LogP contribution in [0.5, 0.6) is 0 Å². The largest absolute Gasteiger partial charge is 0.367 e. The van der Waals surface area contributed by atoms with E-state index in [1.807, 2.05) is 13.0 Å². The first-order valence-electron chi connectivity index (χ1n) is 9.22. The number of sulfone groups is 1. The van der Waals surface area contributed by atoms with Crippen LogP contribution in [-0.4, -0.2) is 48.5 Å². The molecule has 7 heteroatoms. The molecule has 1 aromatic heterocycles. The molecule has 2 N–H and O–H groups in total. The van der Waals surface area contributed by atoms with Crippen LogP contribution in [0.15, 0.2) is 24.5 Å². The number of rotatable bonds is 6. The van der Waals surface area contributed by atoms with Gasteiger partial charge in [-0.25, -0.2) is 18.4 Å². The van der Waals surface area contributed by atoms with E-state index >= 15 is 0 Å². The molecule has 26 heavy (non-hydrogen) atoms. The highest BCUT2D eigenvalue weighted by atomic mass is 32.2. The Morgan fingerprint density at radius 1 is 1.15 bits per heavy atom. The first-order chi connectivity index (χ1) is 12.3. The molecule has 0 spiro atoms. The lowest BCUT2D eigenvalue weighted by molar-refractivity contribution is 0.336. The smallest absolute Gasteiger partial charge is 0.148 e. The Hall–Kier alpha value is -1.73. The Kier molecular flexibility index (Phi) is 5.77. The zero-order valence-corrected chi connectivity index (χ0v) is 16.5. The van der Waals surface area contributed by atoms with Gasteiger partial charge in [-0.05, 0) is 51.7 Å². The fourth-order valence-corrected chi connectivity index (χ4v) is 4.79. The number of nitrogens with zero attached hydrogens (tertiary/aromatic N) is 2. The highest BCUT2D eigenvalue weighted by molar-refractivity contribution is 7.90. The van der Waals surface area contributed by atoms with E-state index in [9.17, 15) is 8.42 Å². The third-order valence-electron chi connectivity index (χ3n) is 4.93. The molecule has 0 radical (unpaired) electrons. The van der Waals surface area contributed by atoms with Crippen LogP contribution in [0, 0.1) is 6.92 Å². The van der Waals surface area contributed by atoms with Gasteiger partial charge < -0.3 is 10.6 Å². The van der Waals surface area contributed by atoms with E-state index in [1.54, 1.807) is 6.33 Å². The van der Waals surface area contributed by atoms with Crippen LogP contribution in [0.4, 0.5) is 5.82 Å². The van der Waals surface area contributed by atoms with Gasteiger partial charge in [0.1, 0.15) is 22.0 Å². The van der Waals surface area contributed by atoms with Gasteiger partial charge in [0.2, 0.25) is 0 Å². The van der Waals surface area contributed by atoms with Gasteiger partial charge >= 0.3 is 0 Å². The Labute approximate surface area is 155 Å². The van der Waals surface area contributed by atoms with E-state index in [1.165, 1.54) is 11.8 Å². The minimum atomic E-state index is -2.94. The van der Waals surface area contributed by atoms with Gasteiger partial charge in [0, 0.05) is 29.8 Å². The van der Waals surface area contributed by atoms with Gasteiger partial charge in [-0.15, -0.1) is 0 Å². The number of aryl methyl sites for hydroxylation is 1. The number of benzene rings is 1. The summed E-state index contributed by atoms with van der Waals surface area (Å²) in [7, 11) is -2.94. The maximum Gasteiger partial charge on any atom is 0.148 e. The predicted molar refractivity (Wildman–Crippen MR) is 106 cm³/mol. The Balaban J connectivity index is 1.57. The van der Waals surface area contributed by atoms with Crippen molar-refractivity contribution in [3.05, 3.63) is 30.1 Å². The average molecular weight is 377 g/mol. The van der Waals surface area contributed by atoms with Crippen LogP contribution in [0.3, 0.4) is 0 Å². The summed E-state index contributed by atoms with van der Waals surface area (Å²) in [5.41, 5.74) is 2.15. The van der Waals surface area contributed by atoms with Gasteiger partial charge in [0.15, 0.2) is 0 Å². The van der Waals surface area contributed by atoms with E-state index in [0.29, 0.717) is 12.1 Å². The molecule has 2 aromatic rings. The maximum atomic E-state index is 11.4. The number of aromatic nitrogens is 2. The number of fused-ring (bicyclic) bond motifs is 1. The first kappa shape index (κ1) is 19.0. The minimum Gasteiger partial charge on any atom is -0.367 e. The minimum absolute atomic E-state index is 0.00621. The molecule has 1 fully saturated rings. The second kappa shape index (κ2) is 7.88. The molecule has 0 unspecified atom stereocenters. The van der Waals surface area contributed by atoms with Crippen molar-refractivity contribution >= 4 is 26.6 Å². The standard InChI is InChI=1S/C19H28N4O2S/c1-13-4-9-18-17(10-13)19(21-12-20-18)23-16-7-5-15(6-8-16)22-14(2)11-26(3,24)25/h4,9-10,12,14-16,22H,5-8,11H2,1-3H3,(H,20,21,23)/t14-,15-,16-/m0/s1. The highest BCUT2D eigenvalue weighted by Gasteiger charge is 2.23. The molecule has 0 amide bonds. The zero-order valence-electron chi connectivity index (χ0n) is 15.7. The third kappa shape index (κ3) is 5.14. The number of hydrogen-bond acceptors (Lipinski definition) is 6. The van der Waals surface area contributed by atoms with Gasteiger partial charge in [-0.1, -0.05) is 11.6 Å². The molecule has 1 aliphatic rings. The van der Waals surface area contributed by atoms with E-state index in [0.717, 1.165) is 42.4 Å². The molecule has 1 atom stereocenters. The normalized spacial score (nSPS) is 22.3. The molecule has 6 nitrogen and oxygen atoms in total. The molecule has 142 valence electrons. The third-order valence-corrected chi connectivity index (χ3v) is 6.04. The lowest BCUT2D eigenvalue weighted by Crippen LogP contribution is -2.43. The Morgan fingerprint density at radius 2 is 1.85 bits per heavy atom. The quantitative estimate of drug-likeness (QED) is 0.806. The summed E-state index contributed by atoms with van der Waals surface area (Å²) in [6.07, 6.45) is 7.06. The molecule has 1 heterocycles. The van der Waals surface area contributed by atoms with E-state index in [2.05, 4.69) is 39.7 Å². The summed E-state index contributed by atoms with van der Waals surface area (Å²) in [5.74, 6) is 1.10. The highest BCUT2D eigenvalue weighted by Crippen LogP contribution is 2.26. The zero-order chi connectivity index (χ0) is 18.7.